The second-order valence-corrected chi connectivity index (χ2v) is 9.37. The van der Waals surface area contributed by atoms with Crippen molar-refractivity contribution in [2.24, 2.45) is 0 Å². The SMILES string of the molecule is O=C(CN1CCN(S(=O)(=O)c2cc(F)ccc2F)CC1)NCCc1cccs1. The van der Waals surface area contributed by atoms with Crippen LogP contribution in [0.2, 0.25) is 0 Å². The highest BCUT2D eigenvalue weighted by Crippen LogP contribution is 2.21. The van der Waals surface area contributed by atoms with Gasteiger partial charge in [0.25, 0.3) is 0 Å². The maximum atomic E-state index is 13.9. The average Bonchev–Trinajstić information content (AvgIpc) is 3.17. The van der Waals surface area contributed by atoms with E-state index in [-0.39, 0.29) is 25.5 Å². The Bertz CT molecular complexity index is 912. The lowest BCUT2D eigenvalue weighted by Gasteiger charge is -2.33. The third-order valence-electron chi connectivity index (χ3n) is 4.48. The number of piperazine rings is 1. The van der Waals surface area contributed by atoms with Gasteiger partial charge in [0.05, 0.1) is 6.54 Å². The van der Waals surface area contributed by atoms with Gasteiger partial charge in [-0.25, -0.2) is 17.2 Å². The fourth-order valence-corrected chi connectivity index (χ4v) is 5.19. The number of sulfonamides is 1. The number of carbonyl (C=O) groups excluding carboxylic acids is 1. The van der Waals surface area contributed by atoms with Gasteiger partial charge in [0.1, 0.15) is 16.5 Å². The van der Waals surface area contributed by atoms with Crippen LogP contribution in [0.15, 0.2) is 40.6 Å². The third-order valence-corrected chi connectivity index (χ3v) is 7.33. The molecule has 2 heterocycles. The molecule has 2 aromatic rings. The minimum absolute atomic E-state index is 0.112. The largest absolute Gasteiger partial charge is 0.355 e. The molecule has 1 N–H and O–H groups in total. The first-order valence-electron chi connectivity index (χ1n) is 8.83. The van der Waals surface area contributed by atoms with E-state index in [4.69, 9.17) is 0 Å². The summed E-state index contributed by atoms with van der Waals surface area (Å²) < 4.78 is 53.4. The number of thiophene rings is 1. The van der Waals surface area contributed by atoms with Gasteiger partial charge in [-0.15, -0.1) is 11.3 Å². The summed E-state index contributed by atoms with van der Waals surface area (Å²) in [6, 6.07) is 6.35. The zero-order valence-electron chi connectivity index (χ0n) is 15.1. The van der Waals surface area contributed by atoms with Crippen molar-refractivity contribution in [1.29, 1.82) is 0 Å². The van der Waals surface area contributed by atoms with Gasteiger partial charge in [0.2, 0.25) is 15.9 Å². The molecule has 0 bridgehead atoms. The number of hydrogen-bond donors (Lipinski definition) is 1. The van der Waals surface area contributed by atoms with Crippen molar-refractivity contribution in [2.45, 2.75) is 11.3 Å². The molecule has 152 valence electrons. The zero-order chi connectivity index (χ0) is 20.1. The van der Waals surface area contributed by atoms with Crippen LogP contribution in [0.4, 0.5) is 8.78 Å². The van der Waals surface area contributed by atoms with Crippen LogP contribution in [0, 0.1) is 11.6 Å². The van der Waals surface area contributed by atoms with E-state index in [1.807, 2.05) is 22.4 Å². The molecule has 10 heteroatoms. The number of benzene rings is 1. The molecule has 1 aromatic heterocycles. The minimum Gasteiger partial charge on any atom is -0.355 e. The van der Waals surface area contributed by atoms with Crippen LogP contribution in [-0.2, 0) is 21.2 Å². The van der Waals surface area contributed by atoms with E-state index < -0.39 is 26.6 Å². The van der Waals surface area contributed by atoms with Crippen molar-refractivity contribution in [3.05, 3.63) is 52.2 Å². The Morgan fingerprint density at radius 2 is 1.89 bits per heavy atom. The van der Waals surface area contributed by atoms with Gasteiger partial charge in [0, 0.05) is 37.6 Å². The zero-order valence-corrected chi connectivity index (χ0v) is 16.7. The van der Waals surface area contributed by atoms with E-state index in [1.165, 1.54) is 4.88 Å². The van der Waals surface area contributed by atoms with Crippen LogP contribution in [0.25, 0.3) is 0 Å². The molecule has 0 unspecified atom stereocenters. The summed E-state index contributed by atoms with van der Waals surface area (Å²) in [6.45, 7) is 1.63. The molecule has 1 aliphatic rings. The standard InChI is InChI=1S/C18H21F2N3O3S2/c19-14-3-4-16(20)17(12-14)28(25,26)23-9-7-22(8-10-23)13-18(24)21-6-5-15-2-1-11-27-15/h1-4,11-12H,5-10,13H2,(H,21,24). The molecule has 0 atom stereocenters. The summed E-state index contributed by atoms with van der Waals surface area (Å²) in [5.74, 6) is -1.91. The summed E-state index contributed by atoms with van der Waals surface area (Å²) in [4.78, 5) is 14.4. The Balaban J connectivity index is 1.48. The summed E-state index contributed by atoms with van der Waals surface area (Å²) in [6.07, 6.45) is 0.772. The van der Waals surface area contributed by atoms with Crippen molar-refractivity contribution in [3.63, 3.8) is 0 Å². The van der Waals surface area contributed by atoms with Gasteiger partial charge >= 0.3 is 0 Å². The molecule has 1 amide bonds. The van der Waals surface area contributed by atoms with Gasteiger partial charge in [-0.1, -0.05) is 6.07 Å². The molecule has 6 nitrogen and oxygen atoms in total. The van der Waals surface area contributed by atoms with Crippen molar-refractivity contribution >= 4 is 27.3 Å². The van der Waals surface area contributed by atoms with Crippen molar-refractivity contribution in [3.8, 4) is 0 Å². The highest BCUT2D eigenvalue weighted by Gasteiger charge is 2.31. The Morgan fingerprint density at radius 1 is 1.14 bits per heavy atom. The van der Waals surface area contributed by atoms with E-state index in [2.05, 4.69) is 5.32 Å². The normalized spacial score (nSPS) is 16.2. The van der Waals surface area contributed by atoms with E-state index in [1.54, 1.807) is 11.3 Å². The minimum atomic E-state index is -4.11. The highest BCUT2D eigenvalue weighted by molar-refractivity contribution is 7.89. The third kappa shape index (κ3) is 5.13. The molecule has 1 aliphatic heterocycles. The van der Waals surface area contributed by atoms with E-state index >= 15 is 0 Å². The molecule has 0 radical (unpaired) electrons. The second-order valence-electron chi connectivity index (χ2n) is 6.43. The Kier molecular flexibility index (Phi) is 6.76. The van der Waals surface area contributed by atoms with E-state index in [9.17, 15) is 22.0 Å². The molecule has 3 rings (SSSR count). The molecule has 0 saturated carbocycles. The average molecular weight is 430 g/mol. The molecule has 0 spiro atoms. The monoisotopic (exact) mass is 429 g/mol. The smallest absolute Gasteiger partial charge is 0.246 e. The second kappa shape index (κ2) is 9.08. The van der Waals surface area contributed by atoms with Gasteiger partial charge < -0.3 is 5.32 Å². The number of halogens is 2. The highest BCUT2D eigenvalue weighted by atomic mass is 32.2. The van der Waals surface area contributed by atoms with Gasteiger partial charge in [-0.3, -0.25) is 9.69 Å². The molecular formula is C18H21F2N3O3S2. The van der Waals surface area contributed by atoms with Crippen LogP contribution in [-0.4, -0.2) is 62.8 Å². The Morgan fingerprint density at radius 3 is 2.57 bits per heavy atom. The van der Waals surface area contributed by atoms with Crippen LogP contribution in [0.3, 0.4) is 0 Å². The number of carbonyl (C=O) groups is 1. The number of rotatable bonds is 7. The molecule has 1 saturated heterocycles. The maximum Gasteiger partial charge on any atom is 0.246 e. The lowest BCUT2D eigenvalue weighted by molar-refractivity contribution is -0.122. The summed E-state index contributed by atoms with van der Waals surface area (Å²) in [5.41, 5.74) is 0. The van der Waals surface area contributed by atoms with Crippen LogP contribution in [0.5, 0.6) is 0 Å². The van der Waals surface area contributed by atoms with E-state index in [0.29, 0.717) is 25.7 Å². The first-order chi connectivity index (χ1) is 13.4. The molecule has 28 heavy (non-hydrogen) atoms. The first-order valence-corrected chi connectivity index (χ1v) is 11.1. The number of amides is 1. The topological polar surface area (TPSA) is 69.7 Å². The van der Waals surface area contributed by atoms with Crippen LogP contribution in [0.1, 0.15) is 4.88 Å². The Hall–Kier alpha value is -1.88. The maximum absolute atomic E-state index is 13.9. The summed E-state index contributed by atoms with van der Waals surface area (Å²) >= 11 is 1.64. The van der Waals surface area contributed by atoms with Gasteiger partial charge in [-0.05, 0) is 36.1 Å². The summed E-state index contributed by atoms with van der Waals surface area (Å²) in [7, 11) is -4.11. The molecular weight excluding hydrogens is 408 g/mol. The fourth-order valence-electron chi connectivity index (χ4n) is 2.98. The van der Waals surface area contributed by atoms with Crippen molar-refractivity contribution in [2.75, 3.05) is 39.3 Å². The fraction of sp³-hybridized carbons (Fsp3) is 0.389. The molecule has 1 aromatic carbocycles. The van der Waals surface area contributed by atoms with Crippen LogP contribution < -0.4 is 5.32 Å². The van der Waals surface area contributed by atoms with Gasteiger partial charge in [0.15, 0.2) is 0 Å². The quantitative estimate of drug-likeness (QED) is 0.727. The Labute approximate surface area is 166 Å². The predicted molar refractivity (Wildman–Crippen MR) is 103 cm³/mol. The van der Waals surface area contributed by atoms with Crippen molar-refractivity contribution in [1.82, 2.24) is 14.5 Å². The summed E-state index contributed by atoms with van der Waals surface area (Å²) in [5, 5.41) is 4.84. The molecule has 1 fully saturated rings. The first kappa shape index (κ1) is 20.8. The van der Waals surface area contributed by atoms with Gasteiger partial charge in [-0.2, -0.15) is 4.31 Å². The predicted octanol–water partition coefficient (Wildman–Crippen LogP) is 1.69. The lowest BCUT2D eigenvalue weighted by Crippen LogP contribution is -2.51. The number of hydrogen-bond acceptors (Lipinski definition) is 5. The van der Waals surface area contributed by atoms with Crippen molar-refractivity contribution < 1.29 is 22.0 Å². The molecule has 0 aliphatic carbocycles. The van der Waals surface area contributed by atoms with E-state index in [0.717, 1.165) is 22.9 Å². The number of nitrogens with one attached hydrogen (secondary N) is 1. The lowest BCUT2D eigenvalue weighted by atomic mass is 10.3. The number of nitrogens with zero attached hydrogens (tertiary/aromatic N) is 2. The van der Waals surface area contributed by atoms with Crippen LogP contribution >= 0.6 is 11.3 Å².